The number of hydrogen-bond donors (Lipinski definition) is 1. The molecule has 1 N–H and O–H groups in total. The third-order valence-electron chi connectivity index (χ3n) is 2.53. The topological polar surface area (TPSA) is 66.8 Å². The van der Waals surface area contributed by atoms with Gasteiger partial charge in [0.2, 0.25) is 5.91 Å². The second kappa shape index (κ2) is 6.21. The van der Waals surface area contributed by atoms with Crippen molar-refractivity contribution in [2.24, 2.45) is 0 Å². The van der Waals surface area contributed by atoms with Crippen LogP contribution in [0.4, 0.5) is 0 Å². The van der Waals surface area contributed by atoms with Crippen molar-refractivity contribution in [3.8, 4) is 0 Å². The number of hydrogen-bond acceptors (Lipinski definition) is 5. The normalized spacial score (nSPS) is 19.8. The molecule has 18 heavy (non-hydrogen) atoms. The van der Waals surface area contributed by atoms with Crippen LogP contribution < -0.4 is 0 Å². The number of amides is 1. The Morgan fingerprint density at radius 1 is 1.61 bits per heavy atom. The zero-order chi connectivity index (χ0) is 13.0. The van der Waals surface area contributed by atoms with Crippen LogP contribution in [0.1, 0.15) is 0 Å². The van der Waals surface area contributed by atoms with Gasteiger partial charge < -0.3 is 14.7 Å². The molecule has 1 atom stereocenters. The Balaban J connectivity index is 1.83. The van der Waals surface area contributed by atoms with Gasteiger partial charge in [-0.1, -0.05) is 6.07 Å². The van der Waals surface area contributed by atoms with E-state index >= 15 is 0 Å². The fourth-order valence-electron chi connectivity index (χ4n) is 1.59. The summed E-state index contributed by atoms with van der Waals surface area (Å²) in [5.74, 6) is -0.714. The molecular formula is C11H13NO4S2. The summed E-state index contributed by atoms with van der Waals surface area (Å²) in [5.41, 5.74) is 0. The van der Waals surface area contributed by atoms with E-state index in [-0.39, 0.29) is 19.1 Å². The first-order chi connectivity index (χ1) is 8.66. The van der Waals surface area contributed by atoms with E-state index < -0.39 is 12.1 Å². The van der Waals surface area contributed by atoms with Gasteiger partial charge in [0, 0.05) is 6.54 Å². The second-order valence-electron chi connectivity index (χ2n) is 3.76. The SMILES string of the molecule is O=C(O)C1CN(C(=O)CSc2cccs2)CCO1. The Morgan fingerprint density at radius 3 is 3.11 bits per heavy atom. The van der Waals surface area contributed by atoms with Crippen LogP contribution in [0.15, 0.2) is 21.7 Å². The summed E-state index contributed by atoms with van der Waals surface area (Å²) >= 11 is 3.07. The number of aliphatic carboxylic acids is 1. The van der Waals surface area contributed by atoms with Crippen molar-refractivity contribution in [3.05, 3.63) is 17.5 Å². The number of morpholine rings is 1. The van der Waals surface area contributed by atoms with Crippen LogP contribution in [0.3, 0.4) is 0 Å². The molecule has 1 aromatic heterocycles. The lowest BCUT2D eigenvalue weighted by Gasteiger charge is -2.30. The number of rotatable bonds is 4. The summed E-state index contributed by atoms with van der Waals surface area (Å²) in [6.07, 6.45) is -0.894. The molecule has 0 spiro atoms. The smallest absolute Gasteiger partial charge is 0.334 e. The fraction of sp³-hybridized carbons (Fsp3) is 0.455. The van der Waals surface area contributed by atoms with Crippen molar-refractivity contribution in [1.29, 1.82) is 0 Å². The fourth-order valence-corrected chi connectivity index (χ4v) is 3.28. The van der Waals surface area contributed by atoms with Crippen molar-refractivity contribution in [2.75, 3.05) is 25.4 Å². The average Bonchev–Trinajstić information content (AvgIpc) is 2.89. The van der Waals surface area contributed by atoms with Crippen molar-refractivity contribution < 1.29 is 19.4 Å². The molecule has 0 aromatic carbocycles. The number of ether oxygens (including phenoxy) is 1. The lowest BCUT2D eigenvalue weighted by atomic mass is 10.3. The standard InChI is InChI=1S/C11H13NO4S2/c13-9(7-18-10-2-1-5-17-10)12-3-4-16-8(6-12)11(14)15/h1-2,5,8H,3-4,6-7H2,(H,14,15). The molecule has 0 radical (unpaired) electrons. The number of nitrogens with zero attached hydrogens (tertiary/aromatic N) is 1. The number of carbonyl (C=O) groups is 2. The summed E-state index contributed by atoms with van der Waals surface area (Å²) in [4.78, 5) is 24.3. The Hall–Kier alpha value is -1.05. The third-order valence-corrected chi connectivity index (χ3v) is 4.64. The van der Waals surface area contributed by atoms with Gasteiger partial charge in [0.15, 0.2) is 6.10 Å². The van der Waals surface area contributed by atoms with Crippen LogP contribution in [0.25, 0.3) is 0 Å². The van der Waals surface area contributed by atoms with Gasteiger partial charge in [0.05, 0.1) is 23.1 Å². The predicted molar refractivity (Wildman–Crippen MR) is 69.0 cm³/mol. The van der Waals surface area contributed by atoms with Crippen molar-refractivity contribution in [1.82, 2.24) is 4.90 Å². The van der Waals surface area contributed by atoms with E-state index in [1.165, 1.54) is 11.8 Å². The van der Waals surface area contributed by atoms with Gasteiger partial charge in [-0.2, -0.15) is 0 Å². The van der Waals surface area contributed by atoms with E-state index in [1.54, 1.807) is 16.2 Å². The largest absolute Gasteiger partial charge is 0.479 e. The molecule has 1 fully saturated rings. The minimum Gasteiger partial charge on any atom is -0.479 e. The summed E-state index contributed by atoms with van der Waals surface area (Å²) < 4.78 is 6.16. The molecule has 1 aromatic rings. The Bertz CT molecular complexity index is 421. The molecule has 5 nitrogen and oxygen atoms in total. The predicted octanol–water partition coefficient (Wildman–Crippen LogP) is 1.15. The maximum absolute atomic E-state index is 11.9. The maximum atomic E-state index is 11.9. The third kappa shape index (κ3) is 3.47. The average molecular weight is 287 g/mol. The molecule has 1 amide bonds. The van der Waals surface area contributed by atoms with E-state index in [9.17, 15) is 9.59 Å². The minimum absolute atomic E-state index is 0.0389. The zero-order valence-corrected chi connectivity index (χ0v) is 11.2. The summed E-state index contributed by atoms with van der Waals surface area (Å²) in [6.45, 7) is 0.888. The van der Waals surface area contributed by atoms with Gasteiger partial charge in [0.1, 0.15) is 0 Å². The van der Waals surface area contributed by atoms with Crippen molar-refractivity contribution in [2.45, 2.75) is 10.3 Å². The highest BCUT2D eigenvalue weighted by atomic mass is 32.2. The lowest BCUT2D eigenvalue weighted by molar-refractivity contribution is -0.158. The van der Waals surface area contributed by atoms with Crippen LogP contribution in [0, 0.1) is 0 Å². The van der Waals surface area contributed by atoms with Gasteiger partial charge >= 0.3 is 5.97 Å². The van der Waals surface area contributed by atoms with Crippen molar-refractivity contribution >= 4 is 35.0 Å². The molecule has 1 aliphatic heterocycles. The number of carboxylic acids is 1. The molecule has 2 rings (SSSR count). The maximum Gasteiger partial charge on any atom is 0.334 e. The quantitative estimate of drug-likeness (QED) is 0.842. The Labute approximate surface area is 113 Å². The van der Waals surface area contributed by atoms with Crippen LogP contribution >= 0.6 is 23.1 Å². The zero-order valence-electron chi connectivity index (χ0n) is 9.57. The van der Waals surface area contributed by atoms with E-state index in [0.717, 1.165) is 4.21 Å². The minimum atomic E-state index is -1.02. The highest BCUT2D eigenvalue weighted by Gasteiger charge is 2.28. The summed E-state index contributed by atoms with van der Waals surface area (Å²) in [6, 6.07) is 3.90. The molecule has 1 unspecified atom stereocenters. The van der Waals surface area contributed by atoms with Gasteiger partial charge in [-0.05, 0) is 11.4 Å². The molecule has 1 aliphatic rings. The number of carbonyl (C=O) groups excluding carboxylic acids is 1. The highest BCUT2D eigenvalue weighted by Crippen LogP contribution is 2.23. The molecule has 0 bridgehead atoms. The number of thioether (sulfide) groups is 1. The van der Waals surface area contributed by atoms with Crippen LogP contribution in [0.2, 0.25) is 0 Å². The molecule has 1 saturated heterocycles. The first kappa shape index (κ1) is 13.4. The summed E-state index contributed by atoms with van der Waals surface area (Å²) in [7, 11) is 0. The van der Waals surface area contributed by atoms with Gasteiger partial charge in [0.25, 0.3) is 0 Å². The molecule has 0 saturated carbocycles. The van der Waals surface area contributed by atoms with Crippen LogP contribution in [-0.2, 0) is 14.3 Å². The summed E-state index contributed by atoms with van der Waals surface area (Å²) in [5, 5.41) is 10.8. The lowest BCUT2D eigenvalue weighted by Crippen LogP contribution is -2.49. The van der Waals surface area contributed by atoms with Crippen LogP contribution in [0.5, 0.6) is 0 Å². The molecule has 2 heterocycles. The van der Waals surface area contributed by atoms with Gasteiger partial charge in [-0.25, -0.2) is 4.79 Å². The molecule has 98 valence electrons. The first-order valence-corrected chi connectivity index (χ1v) is 7.32. The first-order valence-electron chi connectivity index (χ1n) is 5.45. The van der Waals surface area contributed by atoms with Gasteiger partial charge in [-0.3, -0.25) is 4.79 Å². The number of thiophene rings is 1. The highest BCUT2D eigenvalue weighted by molar-refractivity contribution is 8.01. The van der Waals surface area contributed by atoms with E-state index in [4.69, 9.17) is 9.84 Å². The Morgan fingerprint density at radius 2 is 2.44 bits per heavy atom. The number of carboxylic acid groups (broad SMARTS) is 1. The monoisotopic (exact) mass is 287 g/mol. The van der Waals surface area contributed by atoms with E-state index in [2.05, 4.69) is 0 Å². The molecule has 7 heteroatoms. The molecular weight excluding hydrogens is 274 g/mol. The second-order valence-corrected chi connectivity index (χ2v) is 5.98. The van der Waals surface area contributed by atoms with Gasteiger partial charge in [-0.15, -0.1) is 23.1 Å². The molecule has 0 aliphatic carbocycles. The van der Waals surface area contributed by atoms with Crippen molar-refractivity contribution in [3.63, 3.8) is 0 Å². The van der Waals surface area contributed by atoms with E-state index in [0.29, 0.717) is 12.3 Å². The van der Waals surface area contributed by atoms with Crippen LogP contribution in [-0.4, -0.2) is 53.4 Å². The van der Waals surface area contributed by atoms with E-state index in [1.807, 2.05) is 17.5 Å². The Kier molecular flexibility index (Phi) is 4.62.